The van der Waals surface area contributed by atoms with Crippen molar-refractivity contribution in [3.8, 4) is 0 Å². The molecule has 0 unspecified atom stereocenters. The van der Waals surface area contributed by atoms with Crippen molar-refractivity contribution in [2.45, 2.75) is 29.7 Å². The Morgan fingerprint density at radius 1 is 0.927 bits per heavy atom. The van der Waals surface area contributed by atoms with Crippen molar-refractivity contribution >= 4 is 60.5 Å². The van der Waals surface area contributed by atoms with E-state index in [0.29, 0.717) is 18.9 Å². The summed E-state index contributed by atoms with van der Waals surface area (Å²) in [5.41, 5.74) is -0.723. The SMILES string of the molecule is O=C(Nc1ccc(S(=O)(=O)Nc2cccc(C(F)(F)F)c2)cc1)[C@@H]1CCCN(S(=O)(=O)Cc2c(Cl)cccc2Cl)C1. The van der Waals surface area contributed by atoms with Crippen LogP contribution in [-0.4, -0.2) is 40.1 Å². The normalized spacial score (nSPS) is 16.8. The number of hydrogen-bond acceptors (Lipinski definition) is 5. The fourth-order valence-corrected chi connectivity index (χ4v) is 7.70. The molecule has 1 atom stereocenters. The number of hydrogen-bond donors (Lipinski definition) is 2. The van der Waals surface area contributed by atoms with E-state index >= 15 is 0 Å². The number of rotatable bonds is 8. The van der Waals surface area contributed by atoms with Crippen molar-refractivity contribution < 1.29 is 34.8 Å². The molecule has 4 rings (SSSR count). The first-order valence-electron chi connectivity index (χ1n) is 12.2. The van der Waals surface area contributed by atoms with Crippen LogP contribution in [0, 0.1) is 5.92 Å². The van der Waals surface area contributed by atoms with Gasteiger partial charge in [0.05, 0.1) is 22.1 Å². The fraction of sp³-hybridized carbons (Fsp3) is 0.269. The van der Waals surface area contributed by atoms with Gasteiger partial charge in [-0.25, -0.2) is 21.1 Å². The first kappa shape index (κ1) is 31.1. The highest BCUT2D eigenvalue weighted by atomic mass is 35.5. The van der Waals surface area contributed by atoms with E-state index in [1.807, 2.05) is 0 Å². The average molecular weight is 651 g/mol. The van der Waals surface area contributed by atoms with E-state index in [9.17, 15) is 34.8 Å². The van der Waals surface area contributed by atoms with Gasteiger partial charge in [0.25, 0.3) is 10.0 Å². The molecule has 0 radical (unpaired) electrons. The zero-order chi connectivity index (χ0) is 30.0. The zero-order valence-electron chi connectivity index (χ0n) is 21.2. The summed E-state index contributed by atoms with van der Waals surface area (Å²) >= 11 is 12.3. The number of sulfonamides is 2. The molecule has 1 saturated heterocycles. The van der Waals surface area contributed by atoms with Gasteiger partial charge in [0.2, 0.25) is 15.9 Å². The van der Waals surface area contributed by atoms with E-state index in [2.05, 4.69) is 10.0 Å². The van der Waals surface area contributed by atoms with Crippen LogP contribution in [0.1, 0.15) is 24.0 Å². The van der Waals surface area contributed by atoms with Crippen LogP contribution in [0.4, 0.5) is 24.5 Å². The summed E-state index contributed by atoms with van der Waals surface area (Å²) in [5, 5.41) is 3.11. The average Bonchev–Trinajstić information content (AvgIpc) is 2.91. The molecule has 0 spiro atoms. The van der Waals surface area contributed by atoms with Crippen LogP contribution < -0.4 is 10.0 Å². The number of piperidine rings is 1. The summed E-state index contributed by atoms with van der Waals surface area (Å²) < 4.78 is 93.7. The molecule has 41 heavy (non-hydrogen) atoms. The number of anilines is 2. The van der Waals surface area contributed by atoms with Crippen molar-refractivity contribution in [1.82, 2.24) is 4.31 Å². The summed E-state index contributed by atoms with van der Waals surface area (Å²) in [6, 6.07) is 13.5. The first-order valence-corrected chi connectivity index (χ1v) is 16.0. The van der Waals surface area contributed by atoms with Crippen LogP contribution in [0.15, 0.2) is 71.6 Å². The molecule has 3 aromatic rings. The standard InChI is InChI=1S/C26H24Cl2F3N3O5S2/c27-23-7-2-8-24(28)22(23)16-40(36,37)34-13-3-4-17(15-34)25(35)32-19-9-11-21(12-10-19)41(38,39)33-20-6-1-5-18(14-20)26(29,30)31/h1-2,5-12,14,17,33H,3-4,13,15-16H2,(H,32,35)/t17-/m1/s1. The van der Waals surface area contributed by atoms with Gasteiger partial charge < -0.3 is 5.32 Å². The van der Waals surface area contributed by atoms with Gasteiger partial charge in [0.1, 0.15) is 0 Å². The smallest absolute Gasteiger partial charge is 0.326 e. The highest BCUT2D eigenvalue weighted by Crippen LogP contribution is 2.32. The lowest BCUT2D eigenvalue weighted by molar-refractivity contribution is -0.137. The number of benzene rings is 3. The molecule has 2 N–H and O–H groups in total. The minimum absolute atomic E-state index is 0.0520. The Kier molecular flexibility index (Phi) is 9.24. The molecule has 1 aliphatic rings. The Morgan fingerprint density at radius 3 is 2.20 bits per heavy atom. The van der Waals surface area contributed by atoms with E-state index < -0.39 is 49.4 Å². The second kappa shape index (κ2) is 12.2. The number of carbonyl (C=O) groups is 1. The van der Waals surface area contributed by atoms with E-state index in [4.69, 9.17) is 23.2 Å². The third-order valence-electron chi connectivity index (χ3n) is 6.41. The van der Waals surface area contributed by atoms with E-state index in [1.54, 1.807) is 18.2 Å². The number of nitrogens with one attached hydrogen (secondary N) is 2. The maximum absolute atomic E-state index is 13.1. The van der Waals surface area contributed by atoms with Crippen molar-refractivity contribution in [2.75, 3.05) is 23.1 Å². The van der Waals surface area contributed by atoms with Crippen LogP contribution in [-0.2, 0) is 36.8 Å². The van der Waals surface area contributed by atoms with Crippen LogP contribution in [0.2, 0.25) is 10.0 Å². The summed E-state index contributed by atoms with van der Waals surface area (Å²) in [6.07, 6.45) is -3.74. The molecule has 1 heterocycles. The van der Waals surface area contributed by atoms with E-state index in [0.717, 1.165) is 12.1 Å². The second-order valence-electron chi connectivity index (χ2n) is 9.35. The third kappa shape index (κ3) is 7.72. The van der Waals surface area contributed by atoms with Gasteiger partial charge in [-0.1, -0.05) is 35.3 Å². The van der Waals surface area contributed by atoms with Gasteiger partial charge >= 0.3 is 6.18 Å². The van der Waals surface area contributed by atoms with Gasteiger partial charge in [-0.05, 0) is 67.4 Å². The largest absolute Gasteiger partial charge is 0.416 e. The van der Waals surface area contributed by atoms with Crippen molar-refractivity contribution in [3.63, 3.8) is 0 Å². The summed E-state index contributed by atoms with van der Waals surface area (Å²) in [5.74, 6) is -1.52. The lowest BCUT2D eigenvalue weighted by atomic mass is 9.99. The molecule has 220 valence electrons. The molecule has 0 saturated carbocycles. The molecule has 0 aromatic heterocycles. The second-order valence-corrected chi connectivity index (χ2v) is 13.8. The molecular weight excluding hydrogens is 626 g/mol. The van der Waals surface area contributed by atoms with Crippen LogP contribution in [0.25, 0.3) is 0 Å². The summed E-state index contributed by atoms with van der Waals surface area (Å²) in [4.78, 5) is 12.7. The van der Waals surface area contributed by atoms with Gasteiger partial charge in [-0.2, -0.15) is 13.2 Å². The number of alkyl halides is 3. The highest BCUT2D eigenvalue weighted by Gasteiger charge is 2.33. The van der Waals surface area contributed by atoms with Crippen LogP contribution in [0.5, 0.6) is 0 Å². The minimum atomic E-state index is -4.63. The predicted molar refractivity (Wildman–Crippen MR) is 151 cm³/mol. The number of halogens is 5. The van der Waals surface area contributed by atoms with Gasteiger partial charge in [-0.15, -0.1) is 0 Å². The number of amides is 1. The summed E-state index contributed by atoms with van der Waals surface area (Å²) in [6.45, 7) is 0.184. The topological polar surface area (TPSA) is 113 Å². The fourth-order valence-electron chi connectivity index (χ4n) is 4.29. The van der Waals surface area contributed by atoms with E-state index in [-0.39, 0.29) is 45.0 Å². The van der Waals surface area contributed by atoms with Crippen molar-refractivity contribution in [3.05, 3.63) is 87.9 Å². The highest BCUT2D eigenvalue weighted by molar-refractivity contribution is 7.92. The molecule has 1 fully saturated rings. The lowest BCUT2D eigenvalue weighted by Gasteiger charge is -2.31. The van der Waals surface area contributed by atoms with Crippen molar-refractivity contribution in [1.29, 1.82) is 0 Å². The van der Waals surface area contributed by atoms with Gasteiger partial charge in [0.15, 0.2) is 0 Å². The zero-order valence-corrected chi connectivity index (χ0v) is 24.3. The molecule has 1 aliphatic heterocycles. The van der Waals surface area contributed by atoms with E-state index in [1.165, 1.54) is 34.6 Å². The Balaban J connectivity index is 1.40. The number of nitrogens with zero attached hydrogens (tertiary/aromatic N) is 1. The monoisotopic (exact) mass is 649 g/mol. The Bertz CT molecular complexity index is 1630. The minimum Gasteiger partial charge on any atom is -0.326 e. The Labute approximate surface area is 245 Å². The molecular formula is C26H24Cl2F3N3O5S2. The van der Waals surface area contributed by atoms with Crippen LogP contribution in [0.3, 0.4) is 0 Å². The molecule has 8 nitrogen and oxygen atoms in total. The molecule has 1 amide bonds. The lowest BCUT2D eigenvalue weighted by Crippen LogP contribution is -2.44. The Morgan fingerprint density at radius 2 is 1.56 bits per heavy atom. The molecule has 3 aromatic carbocycles. The maximum atomic E-state index is 13.1. The predicted octanol–water partition coefficient (Wildman–Crippen LogP) is 5.99. The van der Waals surface area contributed by atoms with Gasteiger partial charge in [-0.3, -0.25) is 9.52 Å². The van der Waals surface area contributed by atoms with Crippen LogP contribution >= 0.6 is 23.2 Å². The first-order chi connectivity index (χ1) is 19.2. The van der Waals surface area contributed by atoms with Gasteiger partial charge in [0, 0.05) is 40.1 Å². The maximum Gasteiger partial charge on any atom is 0.416 e. The quantitative estimate of drug-likeness (QED) is 0.311. The molecule has 0 aliphatic carbocycles. The molecule has 15 heteroatoms. The third-order valence-corrected chi connectivity index (χ3v) is 10.3. The summed E-state index contributed by atoms with van der Waals surface area (Å²) in [7, 11) is -8.05. The number of carbonyl (C=O) groups excluding carboxylic acids is 1. The Hall–Kier alpha value is -2.84. The van der Waals surface area contributed by atoms with Crippen molar-refractivity contribution in [2.24, 2.45) is 5.92 Å². The molecule has 0 bridgehead atoms.